The molecule has 0 atom stereocenters. The second kappa shape index (κ2) is 6.02. The Morgan fingerprint density at radius 3 is 2.85 bits per heavy atom. The SMILES string of the molecule is CC(C)(C)OC(=O)NCCc1cc(Cl)c2sccc2c1. The number of halogens is 1. The van der Waals surface area contributed by atoms with Crippen molar-refractivity contribution in [1.29, 1.82) is 0 Å². The van der Waals surface area contributed by atoms with Gasteiger partial charge in [0, 0.05) is 6.54 Å². The number of carbonyl (C=O) groups is 1. The zero-order chi connectivity index (χ0) is 14.8. The Hall–Kier alpha value is -1.26. The maximum atomic E-state index is 11.5. The predicted octanol–water partition coefficient (Wildman–Crippen LogP) is 4.62. The van der Waals surface area contributed by atoms with Gasteiger partial charge in [0.05, 0.1) is 9.72 Å². The Kier molecular flexibility index (Phi) is 4.55. The Labute approximate surface area is 127 Å². The standard InChI is InChI=1S/C15H18ClNO2S/c1-15(2,3)19-14(18)17-6-4-10-8-11-5-7-20-13(11)12(16)9-10/h5,7-9H,4,6H2,1-3H3,(H,17,18). The third kappa shape index (κ3) is 4.12. The van der Waals surface area contributed by atoms with Gasteiger partial charge in [0.15, 0.2) is 0 Å². The van der Waals surface area contributed by atoms with Crippen LogP contribution in [-0.4, -0.2) is 18.2 Å². The van der Waals surface area contributed by atoms with E-state index in [0.29, 0.717) is 6.54 Å². The minimum atomic E-state index is -0.469. The number of carbonyl (C=O) groups excluding carboxylic acids is 1. The normalized spacial score (nSPS) is 11.6. The number of alkyl carbamates (subject to hydrolysis) is 1. The van der Waals surface area contributed by atoms with E-state index < -0.39 is 5.60 Å². The Morgan fingerprint density at radius 2 is 2.15 bits per heavy atom. The van der Waals surface area contributed by atoms with Gasteiger partial charge in [-0.25, -0.2) is 4.79 Å². The molecule has 2 aromatic rings. The van der Waals surface area contributed by atoms with E-state index in [1.54, 1.807) is 11.3 Å². The van der Waals surface area contributed by atoms with Gasteiger partial charge in [0.25, 0.3) is 0 Å². The molecule has 0 fully saturated rings. The molecule has 20 heavy (non-hydrogen) atoms. The Bertz CT molecular complexity index is 616. The van der Waals surface area contributed by atoms with Gasteiger partial charge in [-0.2, -0.15) is 0 Å². The molecular formula is C15H18ClNO2S. The highest BCUT2D eigenvalue weighted by Gasteiger charge is 2.15. The molecule has 0 saturated heterocycles. The molecule has 1 aromatic carbocycles. The van der Waals surface area contributed by atoms with Crippen LogP contribution in [0.5, 0.6) is 0 Å². The van der Waals surface area contributed by atoms with Gasteiger partial charge in [-0.3, -0.25) is 0 Å². The molecule has 108 valence electrons. The van der Waals surface area contributed by atoms with Gasteiger partial charge in [0.2, 0.25) is 0 Å². The monoisotopic (exact) mass is 311 g/mol. The van der Waals surface area contributed by atoms with Crippen LogP contribution in [-0.2, 0) is 11.2 Å². The lowest BCUT2D eigenvalue weighted by Gasteiger charge is -2.19. The fraction of sp³-hybridized carbons (Fsp3) is 0.400. The largest absolute Gasteiger partial charge is 0.444 e. The van der Waals surface area contributed by atoms with Crippen LogP contribution in [0.25, 0.3) is 10.1 Å². The van der Waals surface area contributed by atoms with E-state index >= 15 is 0 Å². The molecule has 1 N–H and O–H groups in total. The zero-order valence-corrected chi connectivity index (χ0v) is 13.4. The van der Waals surface area contributed by atoms with E-state index in [9.17, 15) is 4.79 Å². The lowest BCUT2D eigenvalue weighted by atomic mass is 10.1. The molecular weight excluding hydrogens is 294 g/mol. The molecule has 0 radical (unpaired) electrons. The van der Waals surface area contributed by atoms with E-state index in [1.807, 2.05) is 32.2 Å². The molecule has 1 aromatic heterocycles. The average Bonchev–Trinajstić information content (AvgIpc) is 2.75. The Morgan fingerprint density at radius 1 is 1.40 bits per heavy atom. The molecule has 5 heteroatoms. The van der Waals surface area contributed by atoms with Crippen molar-refractivity contribution in [2.24, 2.45) is 0 Å². The molecule has 2 rings (SSSR count). The smallest absolute Gasteiger partial charge is 0.407 e. The number of benzene rings is 1. The summed E-state index contributed by atoms with van der Waals surface area (Å²) >= 11 is 7.87. The quantitative estimate of drug-likeness (QED) is 0.898. The molecule has 3 nitrogen and oxygen atoms in total. The average molecular weight is 312 g/mol. The summed E-state index contributed by atoms with van der Waals surface area (Å²) in [6.07, 6.45) is 0.338. The van der Waals surface area contributed by atoms with Crippen molar-refractivity contribution in [2.45, 2.75) is 32.8 Å². The summed E-state index contributed by atoms with van der Waals surface area (Å²) < 4.78 is 6.29. The van der Waals surface area contributed by atoms with Crippen molar-refractivity contribution in [3.63, 3.8) is 0 Å². The fourth-order valence-corrected chi connectivity index (χ4v) is 3.03. The first-order chi connectivity index (χ1) is 9.35. The van der Waals surface area contributed by atoms with E-state index in [4.69, 9.17) is 16.3 Å². The van der Waals surface area contributed by atoms with E-state index in [-0.39, 0.29) is 6.09 Å². The second-order valence-corrected chi connectivity index (χ2v) is 6.92. The van der Waals surface area contributed by atoms with E-state index in [1.165, 1.54) is 0 Å². The number of hydrogen-bond acceptors (Lipinski definition) is 3. The maximum absolute atomic E-state index is 11.5. The first kappa shape index (κ1) is 15.1. The van der Waals surface area contributed by atoms with Crippen molar-refractivity contribution in [3.05, 3.63) is 34.2 Å². The summed E-state index contributed by atoms with van der Waals surface area (Å²) in [5, 5.41) is 6.69. The lowest BCUT2D eigenvalue weighted by Crippen LogP contribution is -2.33. The summed E-state index contributed by atoms with van der Waals surface area (Å²) in [5.74, 6) is 0. The van der Waals surface area contributed by atoms with Crippen molar-refractivity contribution in [2.75, 3.05) is 6.54 Å². The van der Waals surface area contributed by atoms with Crippen LogP contribution < -0.4 is 5.32 Å². The first-order valence-corrected chi connectivity index (χ1v) is 7.73. The number of nitrogens with one attached hydrogen (secondary N) is 1. The molecule has 0 aliphatic rings. The number of rotatable bonds is 3. The Balaban J connectivity index is 1.91. The van der Waals surface area contributed by atoms with Crippen LogP contribution in [0.1, 0.15) is 26.3 Å². The molecule has 0 aliphatic carbocycles. The van der Waals surface area contributed by atoms with Gasteiger partial charge in [-0.15, -0.1) is 11.3 Å². The number of hydrogen-bond donors (Lipinski definition) is 1. The highest BCUT2D eigenvalue weighted by molar-refractivity contribution is 7.17. The molecule has 0 spiro atoms. The topological polar surface area (TPSA) is 38.3 Å². The molecule has 1 amide bonds. The number of thiophene rings is 1. The molecule has 1 heterocycles. The summed E-state index contributed by atoms with van der Waals surface area (Å²) in [7, 11) is 0. The minimum Gasteiger partial charge on any atom is -0.444 e. The molecule has 0 bridgehead atoms. The van der Waals surface area contributed by atoms with Gasteiger partial charge < -0.3 is 10.1 Å². The minimum absolute atomic E-state index is 0.389. The molecule has 0 aliphatic heterocycles. The number of amides is 1. The molecule has 0 unspecified atom stereocenters. The number of ether oxygens (including phenoxy) is 1. The summed E-state index contributed by atoms with van der Waals surface area (Å²) in [5.41, 5.74) is 0.639. The maximum Gasteiger partial charge on any atom is 0.407 e. The van der Waals surface area contributed by atoms with Crippen LogP contribution >= 0.6 is 22.9 Å². The highest BCUT2D eigenvalue weighted by Crippen LogP contribution is 2.30. The van der Waals surface area contributed by atoms with Crippen molar-refractivity contribution in [1.82, 2.24) is 5.32 Å². The van der Waals surface area contributed by atoms with Crippen molar-refractivity contribution in [3.8, 4) is 0 Å². The second-order valence-electron chi connectivity index (χ2n) is 5.60. The number of fused-ring (bicyclic) bond motifs is 1. The zero-order valence-electron chi connectivity index (χ0n) is 11.8. The summed E-state index contributed by atoms with van der Waals surface area (Å²) in [6, 6.07) is 6.11. The van der Waals surface area contributed by atoms with Crippen LogP contribution in [0, 0.1) is 0 Å². The van der Waals surface area contributed by atoms with Crippen LogP contribution in [0.3, 0.4) is 0 Å². The van der Waals surface area contributed by atoms with Crippen LogP contribution in [0.2, 0.25) is 5.02 Å². The summed E-state index contributed by atoms with van der Waals surface area (Å²) in [4.78, 5) is 11.5. The summed E-state index contributed by atoms with van der Waals surface area (Å²) in [6.45, 7) is 6.06. The molecule has 0 saturated carbocycles. The fourth-order valence-electron chi connectivity index (χ4n) is 1.86. The predicted molar refractivity (Wildman–Crippen MR) is 84.8 cm³/mol. The van der Waals surface area contributed by atoms with Crippen molar-refractivity contribution >= 4 is 39.1 Å². The van der Waals surface area contributed by atoms with Gasteiger partial charge in [-0.1, -0.05) is 17.7 Å². The third-order valence-electron chi connectivity index (χ3n) is 2.65. The van der Waals surface area contributed by atoms with Gasteiger partial charge >= 0.3 is 6.09 Å². The van der Waals surface area contributed by atoms with E-state index in [0.717, 1.165) is 27.1 Å². The van der Waals surface area contributed by atoms with Crippen molar-refractivity contribution < 1.29 is 9.53 Å². The van der Waals surface area contributed by atoms with Gasteiger partial charge in [-0.05, 0) is 55.7 Å². The third-order valence-corrected chi connectivity index (χ3v) is 4.02. The van der Waals surface area contributed by atoms with Gasteiger partial charge in [0.1, 0.15) is 5.60 Å². The van der Waals surface area contributed by atoms with Crippen LogP contribution in [0.4, 0.5) is 4.79 Å². The highest BCUT2D eigenvalue weighted by atomic mass is 35.5. The van der Waals surface area contributed by atoms with E-state index in [2.05, 4.69) is 17.4 Å². The first-order valence-electron chi connectivity index (χ1n) is 6.47. The lowest BCUT2D eigenvalue weighted by molar-refractivity contribution is 0.0528. The van der Waals surface area contributed by atoms with Crippen LogP contribution in [0.15, 0.2) is 23.6 Å².